The summed E-state index contributed by atoms with van der Waals surface area (Å²) in [5.41, 5.74) is 2.36. The van der Waals surface area contributed by atoms with Crippen molar-refractivity contribution in [3.05, 3.63) is 78.2 Å². The fourth-order valence-electron chi connectivity index (χ4n) is 4.84. The van der Waals surface area contributed by atoms with Gasteiger partial charge in [-0.15, -0.1) is 0 Å². The van der Waals surface area contributed by atoms with Crippen molar-refractivity contribution in [1.82, 2.24) is 13.9 Å². The summed E-state index contributed by atoms with van der Waals surface area (Å²) in [6, 6.07) is 15.1. The number of hydrogen-bond acceptors (Lipinski definition) is 7. The number of fused-ring (bicyclic) bond motifs is 1. The summed E-state index contributed by atoms with van der Waals surface area (Å²) >= 11 is 0. The number of rotatable bonds is 8. The molecule has 0 unspecified atom stereocenters. The van der Waals surface area contributed by atoms with Crippen LogP contribution in [0.2, 0.25) is 0 Å². The Balaban J connectivity index is 1.26. The number of benzene rings is 2. The summed E-state index contributed by atoms with van der Waals surface area (Å²) in [5, 5.41) is 0.683. The molecule has 11 heteroatoms. The third-order valence-corrected chi connectivity index (χ3v) is 9.71. The molecule has 2 aromatic carbocycles. The Morgan fingerprint density at radius 3 is 2.24 bits per heavy atom. The van der Waals surface area contributed by atoms with Gasteiger partial charge in [-0.1, -0.05) is 29.8 Å². The van der Waals surface area contributed by atoms with Crippen LogP contribution in [0.25, 0.3) is 11.0 Å². The van der Waals surface area contributed by atoms with Gasteiger partial charge in [0.2, 0.25) is 0 Å². The van der Waals surface area contributed by atoms with Crippen molar-refractivity contribution in [1.29, 1.82) is 0 Å². The van der Waals surface area contributed by atoms with Crippen LogP contribution in [0, 0.1) is 12.8 Å². The Morgan fingerprint density at radius 1 is 0.946 bits per heavy atom. The second-order valence-corrected chi connectivity index (χ2v) is 12.9. The minimum Gasteiger partial charge on any atom is -0.356 e. The number of anilines is 1. The number of aromatic nitrogens is 3. The zero-order chi connectivity index (χ0) is 26.4. The molecule has 2 aromatic heterocycles. The van der Waals surface area contributed by atoms with E-state index in [4.69, 9.17) is 4.55 Å². The maximum absolute atomic E-state index is 13.2. The summed E-state index contributed by atoms with van der Waals surface area (Å²) in [6.45, 7) is 1.91. The van der Waals surface area contributed by atoms with Gasteiger partial charge in [-0.05, 0) is 74.4 Å². The van der Waals surface area contributed by atoms with Crippen molar-refractivity contribution >= 4 is 37.0 Å². The maximum Gasteiger partial charge on any atom is 0.294 e. The van der Waals surface area contributed by atoms with Crippen LogP contribution in [0.4, 0.5) is 5.82 Å². The Kier molecular flexibility index (Phi) is 6.55. The molecule has 9 nitrogen and oxygen atoms in total. The quantitative estimate of drug-likeness (QED) is 0.332. The van der Waals surface area contributed by atoms with Gasteiger partial charge in [0, 0.05) is 19.3 Å². The summed E-state index contributed by atoms with van der Waals surface area (Å²) in [4.78, 5) is 11.0. The number of aryl methyl sites for hydroxylation is 2. The highest BCUT2D eigenvalue weighted by Crippen LogP contribution is 2.38. The highest BCUT2D eigenvalue weighted by molar-refractivity contribution is 7.90. The molecular formula is C26H28N4O5S2. The minimum atomic E-state index is -4.18. The topological polar surface area (TPSA) is 122 Å². The molecule has 1 aliphatic rings. The van der Waals surface area contributed by atoms with Crippen molar-refractivity contribution < 1.29 is 21.4 Å². The van der Waals surface area contributed by atoms with E-state index in [0.717, 1.165) is 36.8 Å². The molecule has 194 valence electrons. The molecule has 2 heterocycles. The van der Waals surface area contributed by atoms with Gasteiger partial charge in [0.25, 0.3) is 20.1 Å². The van der Waals surface area contributed by atoms with Crippen molar-refractivity contribution in [3.63, 3.8) is 0 Å². The van der Waals surface area contributed by atoms with Crippen LogP contribution >= 0.6 is 0 Å². The largest absolute Gasteiger partial charge is 0.356 e. The standard InChI is InChI=1S/C26H28N4O5S2/c1-18-3-9-22(10-4-18)36(31,32)30-14-13-24-25(27-17-28-26(24)30)29(2)21-15-20(16-21)6-5-19-7-11-23(12-8-19)37(33,34)35/h3-4,7-14,17,20-21H,5-6,15-16H2,1-2H3,(H,33,34,35). The van der Waals surface area contributed by atoms with Gasteiger partial charge in [-0.3, -0.25) is 4.55 Å². The molecule has 1 fully saturated rings. The fraction of sp³-hybridized carbons (Fsp3) is 0.308. The molecule has 4 aromatic rings. The first-order chi connectivity index (χ1) is 17.5. The molecule has 0 spiro atoms. The molecule has 37 heavy (non-hydrogen) atoms. The van der Waals surface area contributed by atoms with Crippen LogP contribution in [0.15, 0.2) is 76.9 Å². The predicted octanol–water partition coefficient (Wildman–Crippen LogP) is 4.07. The van der Waals surface area contributed by atoms with Crippen LogP contribution in [0.3, 0.4) is 0 Å². The second-order valence-electron chi connectivity index (χ2n) is 9.62. The maximum atomic E-state index is 13.2. The smallest absolute Gasteiger partial charge is 0.294 e. The average molecular weight is 541 g/mol. The fourth-order valence-corrected chi connectivity index (χ4v) is 6.62. The highest BCUT2D eigenvalue weighted by Gasteiger charge is 2.33. The van der Waals surface area contributed by atoms with Crippen LogP contribution in [0.5, 0.6) is 0 Å². The lowest BCUT2D eigenvalue weighted by Crippen LogP contribution is -2.43. The highest BCUT2D eigenvalue weighted by atomic mass is 32.2. The molecule has 1 aliphatic carbocycles. The van der Waals surface area contributed by atoms with Crippen LogP contribution < -0.4 is 4.90 Å². The van der Waals surface area contributed by atoms with E-state index >= 15 is 0 Å². The second kappa shape index (κ2) is 9.55. The lowest BCUT2D eigenvalue weighted by molar-refractivity contribution is 0.243. The Labute approximate surface area is 216 Å². The van der Waals surface area contributed by atoms with Crippen LogP contribution in [-0.4, -0.2) is 48.4 Å². The van der Waals surface area contributed by atoms with Gasteiger partial charge < -0.3 is 4.90 Å². The normalized spacial score (nSPS) is 18.0. The van der Waals surface area contributed by atoms with E-state index in [1.807, 2.05) is 14.0 Å². The molecule has 0 amide bonds. The first-order valence-corrected chi connectivity index (χ1v) is 14.9. The molecule has 0 bridgehead atoms. The molecule has 0 atom stereocenters. The molecule has 0 radical (unpaired) electrons. The van der Waals surface area contributed by atoms with Crippen molar-refractivity contribution in [2.45, 2.75) is 48.4 Å². The zero-order valence-corrected chi connectivity index (χ0v) is 22.2. The van der Waals surface area contributed by atoms with Gasteiger partial charge in [-0.25, -0.2) is 22.4 Å². The summed E-state index contributed by atoms with van der Waals surface area (Å²) in [5.74, 6) is 1.23. The molecule has 0 aliphatic heterocycles. The third kappa shape index (κ3) is 4.98. The van der Waals surface area contributed by atoms with Gasteiger partial charge in [-0.2, -0.15) is 8.42 Å². The number of hydrogen-bond donors (Lipinski definition) is 1. The summed E-state index contributed by atoms with van der Waals surface area (Å²) in [6.07, 6.45) is 6.69. The minimum absolute atomic E-state index is 0.0988. The van der Waals surface area contributed by atoms with Gasteiger partial charge in [0.15, 0.2) is 5.65 Å². The van der Waals surface area contributed by atoms with Crippen molar-refractivity contribution in [2.24, 2.45) is 5.92 Å². The molecule has 1 saturated carbocycles. The summed E-state index contributed by atoms with van der Waals surface area (Å²) < 4.78 is 59.2. The molecule has 5 rings (SSSR count). The molecule has 1 N–H and O–H groups in total. The Morgan fingerprint density at radius 2 is 1.59 bits per heavy atom. The average Bonchev–Trinajstić information content (AvgIpc) is 3.28. The Bertz CT molecular complexity index is 1640. The monoisotopic (exact) mass is 540 g/mol. The van der Waals surface area contributed by atoms with Gasteiger partial charge in [0.05, 0.1) is 15.2 Å². The summed E-state index contributed by atoms with van der Waals surface area (Å²) in [7, 11) is -5.99. The SMILES string of the molecule is Cc1ccc(S(=O)(=O)n2ccc3c(N(C)C4CC(CCc5ccc(S(=O)(=O)O)cc5)C4)ncnc32)cc1. The van der Waals surface area contributed by atoms with E-state index in [1.54, 1.807) is 42.5 Å². The zero-order valence-electron chi connectivity index (χ0n) is 20.5. The van der Waals surface area contributed by atoms with E-state index in [2.05, 4.69) is 14.9 Å². The van der Waals surface area contributed by atoms with Crippen LogP contribution in [0.1, 0.15) is 30.4 Å². The lowest BCUT2D eigenvalue weighted by atomic mass is 9.76. The van der Waals surface area contributed by atoms with E-state index in [9.17, 15) is 16.8 Å². The van der Waals surface area contributed by atoms with E-state index in [-0.39, 0.29) is 15.8 Å². The third-order valence-electron chi connectivity index (χ3n) is 7.16. The van der Waals surface area contributed by atoms with Crippen molar-refractivity contribution in [2.75, 3.05) is 11.9 Å². The first-order valence-electron chi connectivity index (χ1n) is 12.0. The van der Waals surface area contributed by atoms with Crippen molar-refractivity contribution in [3.8, 4) is 0 Å². The van der Waals surface area contributed by atoms with Gasteiger partial charge in [0.1, 0.15) is 12.1 Å². The van der Waals surface area contributed by atoms with Crippen LogP contribution in [-0.2, 0) is 26.6 Å². The lowest BCUT2D eigenvalue weighted by Gasteiger charge is -2.42. The van der Waals surface area contributed by atoms with E-state index in [0.29, 0.717) is 22.8 Å². The van der Waals surface area contributed by atoms with E-state index in [1.165, 1.54) is 28.6 Å². The predicted molar refractivity (Wildman–Crippen MR) is 141 cm³/mol. The molecular weight excluding hydrogens is 512 g/mol. The first kappa shape index (κ1) is 25.4. The number of nitrogens with zero attached hydrogens (tertiary/aromatic N) is 4. The molecule has 0 saturated heterocycles. The Hall–Kier alpha value is -3.28. The van der Waals surface area contributed by atoms with Gasteiger partial charge >= 0.3 is 0 Å². The van der Waals surface area contributed by atoms with E-state index < -0.39 is 20.1 Å².